The van der Waals surface area contributed by atoms with E-state index >= 15 is 0 Å². The molecular formula is C16H25N3O2. The van der Waals surface area contributed by atoms with E-state index in [0.717, 1.165) is 19.4 Å². The maximum atomic E-state index is 12.2. The van der Waals surface area contributed by atoms with Crippen LogP contribution in [0.15, 0.2) is 18.2 Å². The van der Waals surface area contributed by atoms with Gasteiger partial charge >= 0.3 is 0 Å². The smallest absolute Gasteiger partial charge is 0.251 e. The van der Waals surface area contributed by atoms with E-state index in [0.29, 0.717) is 29.6 Å². The molecule has 5 heteroatoms. The highest BCUT2D eigenvalue weighted by molar-refractivity contribution is 5.95. The fraction of sp³-hybridized carbons (Fsp3) is 0.562. The maximum Gasteiger partial charge on any atom is 0.251 e. The normalized spacial score (nSPS) is 15.4. The van der Waals surface area contributed by atoms with Gasteiger partial charge in [-0.1, -0.05) is 12.8 Å². The lowest BCUT2D eigenvalue weighted by molar-refractivity contribution is 0.0937. The minimum Gasteiger partial charge on any atom is -0.490 e. The highest BCUT2D eigenvalue weighted by atomic mass is 16.5. The Morgan fingerprint density at radius 1 is 1.38 bits per heavy atom. The zero-order valence-electron chi connectivity index (χ0n) is 12.9. The molecule has 0 bridgehead atoms. The summed E-state index contributed by atoms with van der Waals surface area (Å²) < 4.78 is 5.66. The summed E-state index contributed by atoms with van der Waals surface area (Å²) in [5.74, 6) is 0.537. The largest absolute Gasteiger partial charge is 0.490 e. The lowest BCUT2D eigenvalue weighted by Crippen LogP contribution is -2.32. The minimum atomic E-state index is -0.0423. The van der Waals surface area contributed by atoms with Gasteiger partial charge in [-0.3, -0.25) is 4.79 Å². The van der Waals surface area contributed by atoms with Crippen molar-refractivity contribution in [3.05, 3.63) is 23.8 Å². The SMILES string of the molecule is CN(C)CCOc1cc(C(=O)NC2CCCC2)ccc1N. The molecule has 0 unspecified atom stereocenters. The van der Waals surface area contributed by atoms with E-state index < -0.39 is 0 Å². The molecule has 2 rings (SSSR count). The third-order valence-corrected chi connectivity index (χ3v) is 3.76. The van der Waals surface area contributed by atoms with Gasteiger partial charge in [0.25, 0.3) is 5.91 Å². The zero-order chi connectivity index (χ0) is 15.2. The fourth-order valence-corrected chi connectivity index (χ4v) is 2.48. The summed E-state index contributed by atoms with van der Waals surface area (Å²) in [7, 11) is 3.97. The first-order chi connectivity index (χ1) is 10.1. The van der Waals surface area contributed by atoms with E-state index in [1.54, 1.807) is 18.2 Å². The van der Waals surface area contributed by atoms with Gasteiger partial charge in [-0.25, -0.2) is 0 Å². The first kappa shape index (κ1) is 15.6. The molecule has 1 aromatic rings. The number of nitrogen functional groups attached to an aromatic ring is 1. The van der Waals surface area contributed by atoms with Gasteiger partial charge in [0.1, 0.15) is 12.4 Å². The molecule has 0 heterocycles. The van der Waals surface area contributed by atoms with Crippen molar-refractivity contribution < 1.29 is 9.53 Å². The van der Waals surface area contributed by atoms with Crippen molar-refractivity contribution in [3.63, 3.8) is 0 Å². The van der Waals surface area contributed by atoms with Crippen LogP contribution in [0.3, 0.4) is 0 Å². The van der Waals surface area contributed by atoms with Gasteiger partial charge in [0.2, 0.25) is 0 Å². The summed E-state index contributed by atoms with van der Waals surface area (Å²) in [6.45, 7) is 1.35. The minimum absolute atomic E-state index is 0.0423. The van der Waals surface area contributed by atoms with Crippen LogP contribution in [0.2, 0.25) is 0 Å². The van der Waals surface area contributed by atoms with Gasteiger partial charge in [-0.15, -0.1) is 0 Å². The van der Waals surface area contributed by atoms with Gasteiger partial charge in [0.15, 0.2) is 0 Å². The van der Waals surface area contributed by atoms with Crippen LogP contribution in [0.1, 0.15) is 36.0 Å². The Kier molecular flexibility index (Phi) is 5.44. The molecule has 0 aliphatic heterocycles. The van der Waals surface area contributed by atoms with Gasteiger partial charge in [-0.2, -0.15) is 0 Å². The molecule has 21 heavy (non-hydrogen) atoms. The van der Waals surface area contributed by atoms with Crippen LogP contribution in [-0.2, 0) is 0 Å². The number of nitrogens with two attached hydrogens (primary N) is 1. The molecule has 0 aromatic heterocycles. The predicted molar refractivity (Wildman–Crippen MR) is 84.6 cm³/mol. The predicted octanol–water partition coefficient (Wildman–Crippen LogP) is 1.88. The summed E-state index contributed by atoms with van der Waals surface area (Å²) in [5, 5.41) is 3.07. The highest BCUT2D eigenvalue weighted by Crippen LogP contribution is 2.23. The van der Waals surface area contributed by atoms with Crippen molar-refractivity contribution in [2.75, 3.05) is 33.0 Å². The van der Waals surface area contributed by atoms with Crippen LogP contribution >= 0.6 is 0 Å². The van der Waals surface area contributed by atoms with Gasteiger partial charge in [0, 0.05) is 18.2 Å². The number of nitrogens with zero attached hydrogens (tertiary/aromatic N) is 1. The van der Waals surface area contributed by atoms with Crippen molar-refractivity contribution in [3.8, 4) is 5.75 Å². The fourth-order valence-electron chi connectivity index (χ4n) is 2.48. The number of ether oxygens (including phenoxy) is 1. The molecule has 0 spiro atoms. The third-order valence-electron chi connectivity index (χ3n) is 3.76. The van der Waals surface area contributed by atoms with Crippen LogP contribution in [0.4, 0.5) is 5.69 Å². The molecule has 1 saturated carbocycles. The number of rotatable bonds is 6. The second kappa shape index (κ2) is 7.31. The second-order valence-electron chi connectivity index (χ2n) is 5.86. The summed E-state index contributed by atoms with van der Waals surface area (Å²) in [5.41, 5.74) is 7.07. The number of carbonyl (C=O) groups is 1. The molecule has 1 aromatic carbocycles. The first-order valence-electron chi connectivity index (χ1n) is 7.54. The maximum absolute atomic E-state index is 12.2. The zero-order valence-corrected chi connectivity index (χ0v) is 12.9. The number of carbonyl (C=O) groups excluding carboxylic acids is 1. The van der Waals surface area contributed by atoms with Gasteiger partial charge in [-0.05, 0) is 45.1 Å². The Labute approximate surface area is 126 Å². The van der Waals surface area contributed by atoms with E-state index in [1.165, 1.54) is 12.8 Å². The molecule has 116 valence electrons. The standard InChI is InChI=1S/C16H25N3O2/c1-19(2)9-10-21-15-11-12(7-8-14(15)17)16(20)18-13-5-3-4-6-13/h7-8,11,13H,3-6,9-10,17H2,1-2H3,(H,18,20). The topological polar surface area (TPSA) is 67.6 Å². The average molecular weight is 291 g/mol. The average Bonchev–Trinajstić information content (AvgIpc) is 2.93. The molecule has 0 radical (unpaired) electrons. The molecule has 5 nitrogen and oxygen atoms in total. The third kappa shape index (κ3) is 4.63. The van der Waals surface area contributed by atoms with Crippen LogP contribution in [-0.4, -0.2) is 44.1 Å². The van der Waals surface area contributed by atoms with Crippen LogP contribution in [0.5, 0.6) is 5.75 Å². The van der Waals surface area contributed by atoms with Crippen molar-refractivity contribution in [2.45, 2.75) is 31.7 Å². The van der Waals surface area contributed by atoms with Gasteiger partial charge < -0.3 is 20.7 Å². The monoisotopic (exact) mass is 291 g/mol. The van der Waals surface area contributed by atoms with Gasteiger partial charge in [0.05, 0.1) is 5.69 Å². The molecule has 1 aliphatic rings. The van der Waals surface area contributed by atoms with Crippen molar-refractivity contribution in [1.29, 1.82) is 0 Å². The number of nitrogens with one attached hydrogen (secondary N) is 1. The van der Waals surface area contributed by atoms with E-state index in [-0.39, 0.29) is 5.91 Å². The van der Waals surface area contributed by atoms with Crippen LogP contribution in [0.25, 0.3) is 0 Å². The molecular weight excluding hydrogens is 266 g/mol. The quantitative estimate of drug-likeness (QED) is 0.785. The van der Waals surface area contributed by atoms with Crippen LogP contribution < -0.4 is 15.8 Å². The Hall–Kier alpha value is -1.75. The first-order valence-corrected chi connectivity index (χ1v) is 7.54. The Bertz CT molecular complexity index is 482. The molecule has 3 N–H and O–H groups in total. The van der Waals surface area contributed by atoms with Crippen molar-refractivity contribution >= 4 is 11.6 Å². The Morgan fingerprint density at radius 3 is 2.76 bits per heavy atom. The molecule has 0 saturated heterocycles. The van der Waals surface area contributed by atoms with E-state index in [2.05, 4.69) is 5.32 Å². The number of hydrogen-bond acceptors (Lipinski definition) is 4. The highest BCUT2D eigenvalue weighted by Gasteiger charge is 2.18. The summed E-state index contributed by atoms with van der Waals surface area (Å²) in [6.07, 6.45) is 4.55. The number of likely N-dealkylation sites (N-methyl/N-ethyl adjacent to an activating group) is 1. The summed E-state index contributed by atoms with van der Waals surface area (Å²) in [6, 6.07) is 5.52. The molecule has 1 aliphatic carbocycles. The molecule has 0 atom stereocenters. The second-order valence-corrected chi connectivity index (χ2v) is 5.86. The number of anilines is 1. The van der Waals surface area contributed by atoms with Crippen molar-refractivity contribution in [2.24, 2.45) is 0 Å². The van der Waals surface area contributed by atoms with Crippen molar-refractivity contribution in [1.82, 2.24) is 10.2 Å². The Morgan fingerprint density at radius 2 is 2.10 bits per heavy atom. The van der Waals surface area contributed by atoms with E-state index in [4.69, 9.17) is 10.5 Å². The summed E-state index contributed by atoms with van der Waals surface area (Å²) in [4.78, 5) is 14.3. The summed E-state index contributed by atoms with van der Waals surface area (Å²) >= 11 is 0. The van der Waals surface area contributed by atoms with Crippen LogP contribution in [0, 0.1) is 0 Å². The number of hydrogen-bond donors (Lipinski definition) is 2. The Balaban J connectivity index is 1.97. The van der Waals surface area contributed by atoms with E-state index in [9.17, 15) is 4.79 Å². The molecule has 1 fully saturated rings. The number of benzene rings is 1. The lowest BCUT2D eigenvalue weighted by atomic mass is 10.1. The lowest BCUT2D eigenvalue weighted by Gasteiger charge is -2.15. The molecule has 1 amide bonds. The number of amides is 1. The van der Waals surface area contributed by atoms with E-state index in [1.807, 2.05) is 19.0 Å².